The second kappa shape index (κ2) is 2.00. The van der Waals surface area contributed by atoms with E-state index in [-0.39, 0.29) is 0 Å². The zero-order valence-electron chi connectivity index (χ0n) is 7.20. The van der Waals surface area contributed by atoms with Gasteiger partial charge in [0.05, 0.1) is 5.69 Å². The number of rotatable bonds is 1. The summed E-state index contributed by atoms with van der Waals surface area (Å²) in [6.45, 7) is 3.13. The largest absolute Gasteiger partial charge is 0.272 e. The van der Waals surface area contributed by atoms with Crippen LogP contribution in [0.15, 0.2) is 18.3 Å². The summed E-state index contributed by atoms with van der Waals surface area (Å²) < 4.78 is 2.05. The van der Waals surface area contributed by atoms with E-state index >= 15 is 0 Å². The highest BCUT2D eigenvalue weighted by Gasteiger charge is 2.35. The second-order valence-corrected chi connectivity index (χ2v) is 3.66. The zero-order chi connectivity index (χ0) is 8.13. The van der Waals surface area contributed by atoms with E-state index in [2.05, 4.69) is 35.1 Å². The number of fused-ring (bicyclic) bond motifs is 5. The molecule has 0 saturated heterocycles. The first kappa shape index (κ1) is 6.46. The molecule has 2 heteroatoms. The topological polar surface area (TPSA) is 17.8 Å². The van der Waals surface area contributed by atoms with E-state index in [1.807, 2.05) is 0 Å². The van der Waals surface area contributed by atoms with E-state index in [1.54, 1.807) is 0 Å². The van der Waals surface area contributed by atoms with Crippen molar-refractivity contribution in [2.24, 2.45) is 0 Å². The van der Waals surface area contributed by atoms with Crippen LogP contribution in [0.4, 0.5) is 0 Å². The maximum absolute atomic E-state index is 4.56. The molecule has 62 valence electrons. The van der Waals surface area contributed by atoms with Crippen LogP contribution in [0, 0.1) is 0 Å². The van der Waals surface area contributed by atoms with Crippen LogP contribution in [-0.4, -0.2) is 9.78 Å². The second-order valence-electron chi connectivity index (χ2n) is 3.66. The highest BCUT2D eigenvalue weighted by molar-refractivity contribution is 5.42. The summed E-state index contributed by atoms with van der Waals surface area (Å²) in [6.07, 6.45) is 8.13. The van der Waals surface area contributed by atoms with Gasteiger partial charge in [0.2, 0.25) is 0 Å². The molecule has 0 N–H and O–H groups in total. The third-order valence-electron chi connectivity index (χ3n) is 2.98. The first-order valence-electron chi connectivity index (χ1n) is 4.64. The van der Waals surface area contributed by atoms with Crippen molar-refractivity contribution < 1.29 is 0 Å². The third-order valence-corrected chi connectivity index (χ3v) is 2.98. The molecule has 2 bridgehead atoms. The van der Waals surface area contributed by atoms with Gasteiger partial charge in [0.15, 0.2) is 0 Å². The van der Waals surface area contributed by atoms with Crippen LogP contribution in [0.2, 0.25) is 0 Å². The zero-order valence-corrected chi connectivity index (χ0v) is 7.20. The van der Waals surface area contributed by atoms with Gasteiger partial charge in [-0.05, 0) is 13.3 Å². The van der Waals surface area contributed by atoms with Crippen LogP contribution in [0.3, 0.4) is 0 Å². The maximum atomic E-state index is 4.56. The van der Waals surface area contributed by atoms with Crippen molar-refractivity contribution in [3.63, 3.8) is 0 Å². The van der Waals surface area contributed by atoms with Crippen molar-refractivity contribution >= 4 is 0 Å². The summed E-state index contributed by atoms with van der Waals surface area (Å²) in [6, 6.07) is 0. The molecule has 2 aliphatic carbocycles. The van der Waals surface area contributed by atoms with Crippen molar-refractivity contribution in [3.8, 4) is 0 Å². The Bertz CT molecular complexity index is 319. The van der Waals surface area contributed by atoms with E-state index in [1.165, 1.54) is 17.7 Å². The average molecular weight is 160 g/mol. The van der Waals surface area contributed by atoms with E-state index < -0.39 is 0 Å². The SMILES string of the molecule is CCn1cc2c(n1)C1C=CC2C1. The number of aryl methyl sites for hydroxylation is 1. The number of allylic oxidation sites excluding steroid dienone is 2. The van der Waals surface area contributed by atoms with Gasteiger partial charge in [-0.15, -0.1) is 0 Å². The fourth-order valence-electron chi connectivity index (χ4n) is 2.32. The third kappa shape index (κ3) is 0.631. The van der Waals surface area contributed by atoms with Gasteiger partial charge < -0.3 is 0 Å². The summed E-state index contributed by atoms with van der Waals surface area (Å²) in [5.74, 6) is 1.32. The van der Waals surface area contributed by atoms with Gasteiger partial charge in [0, 0.05) is 30.1 Å². The van der Waals surface area contributed by atoms with Crippen LogP contribution in [0.1, 0.15) is 36.4 Å². The molecule has 3 rings (SSSR count). The Hall–Kier alpha value is -1.05. The molecule has 0 aliphatic heterocycles. The fraction of sp³-hybridized carbons (Fsp3) is 0.500. The highest BCUT2D eigenvalue weighted by Crippen LogP contribution is 2.47. The molecular formula is C10H12N2. The summed E-state index contributed by atoms with van der Waals surface area (Å²) in [4.78, 5) is 0. The quantitative estimate of drug-likeness (QED) is 0.575. The van der Waals surface area contributed by atoms with E-state index in [0.717, 1.165) is 6.54 Å². The molecule has 12 heavy (non-hydrogen) atoms. The standard InChI is InChI=1S/C10H12N2/c1-2-12-6-9-7-3-4-8(5-7)10(9)11-12/h3-4,6-8H,2,5H2,1H3. The van der Waals surface area contributed by atoms with Crippen LogP contribution >= 0.6 is 0 Å². The number of hydrogen-bond acceptors (Lipinski definition) is 1. The van der Waals surface area contributed by atoms with Gasteiger partial charge >= 0.3 is 0 Å². The average Bonchev–Trinajstić information content (AvgIpc) is 2.75. The highest BCUT2D eigenvalue weighted by atomic mass is 15.3. The van der Waals surface area contributed by atoms with Crippen molar-refractivity contribution in [2.45, 2.75) is 31.7 Å². The monoisotopic (exact) mass is 160 g/mol. The van der Waals surface area contributed by atoms with Crippen LogP contribution < -0.4 is 0 Å². The molecule has 0 spiro atoms. The number of aromatic nitrogens is 2. The molecular weight excluding hydrogens is 148 g/mol. The molecule has 0 amide bonds. The minimum Gasteiger partial charge on any atom is -0.272 e. The Kier molecular flexibility index (Phi) is 1.08. The molecule has 1 aromatic heterocycles. The molecule has 0 radical (unpaired) electrons. The Labute approximate surface area is 71.9 Å². The molecule has 0 fully saturated rings. The smallest absolute Gasteiger partial charge is 0.0731 e. The van der Waals surface area contributed by atoms with Crippen molar-refractivity contribution in [3.05, 3.63) is 29.6 Å². The van der Waals surface area contributed by atoms with E-state index in [9.17, 15) is 0 Å². The summed E-state index contributed by atoms with van der Waals surface area (Å²) in [5, 5.41) is 4.56. The Morgan fingerprint density at radius 3 is 3.08 bits per heavy atom. The number of nitrogens with zero attached hydrogens (tertiary/aromatic N) is 2. The molecule has 2 nitrogen and oxygen atoms in total. The van der Waals surface area contributed by atoms with Gasteiger partial charge in [-0.2, -0.15) is 5.10 Å². The van der Waals surface area contributed by atoms with Gasteiger partial charge in [0.1, 0.15) is 0 Å². The Balaban J connectivity index is 2.13. The van der Waals surface area contributed by atoms with Crippen molar-refractivity contribution in [2.75, 3.05) is 0 Å². The Morgan fingerprint density at radius 1 is 1.50 bits per heavy atom. The summed E-state index contributed by atoms with van der Waals surface area (Å²) >= 11 is 0. The predicted octanol–water partition coefficient (Wildman–Crippen LogP) is 2.04. The molecule has 2 aliphatic rings. The minimum atomic E-state index is 0.637. The summed E-state index contributed by atoms with van der Waals surface area (Å²) in [5.41, 5.74) is 2.81. The van der Waals surface area contributed by atoms with Gasteiger partial charge in [-0.1, -0.05) is 12.2 Å². The first-order chi connectivity index (χ1) is 5.88. The molecule has 2 unspecified atom stereocenters. The molecule has 0 aromatic carbocycles. The normalized spacial score (nSPS) is 29.8. The van der Waals surface area contributed by atoms with E-state index in [0.29, 0.717) is 11.8 Å². The Morgan fingerprint density at radius 2 is 2.33 bits per heavy atom. The molecule has 1 aromatic rings. The first-order valence-corrected chi connectivity index (χ1v) is 4.64. The lowest BCUT2D eigenvalue weighted by atomic mass is 10.1. The fourth-order valence-corrected chi connectivity index (χ4v) is 2.32. The lowest BCUT2D eigenvalue weighted by Crippen LogP contribution is -1.97. The maximum Gasteiger partial charge on any atom is 0.0731 e. The summed E-state index contributed by atoms with van der Waals surface area (Å²) in [7, 11) is 0. The van der Waals surface area contributed by atoms with Crippen LogP contribution in [-0.2, 0) is 6.54 Å². The minimum absolute atomic E-state index is 0.637. The van der Waals surface area contributed by atoms with Crippen molar-refractivity contribution in [1.82, 2.24) is 9.78 Å². The van der Waals surface area contributed by atoms with Gasteiger partial charge in [0.25, 0.3) is 0 Å². The lowest BCUT2D eigenvalue weighted by Gasteiger charge is -1.99. The van der Waals surface area contributed by atoms with E-state index in [4.69, 9.17) is 0 Å². The van der Waals surface area contributed by atoms with Crippen molar-refractivity contribution in [1.29, 1.82) is 0 Å². The van der Waals surface area contributed by atoms with Crippen LogP contribution in [0.25, 0.3) is 0 Å². The van der Waals surface area contributed by atoms with Gasteiger partial charge in [-0.3, -0.25) is 4.68 Å². The predicted molar refractivity (Wildman–Crippen MR) is 47.1 cm³/mol. The van der Waals surface area contributed by atoms with Gasteiger partial charge in [-0.25, -0.2) is 0 Å². The molecule has 0 saturated carbocycles. The number of hydrogen-bond donors (Lipinski definition) is 0. The lowest BCUT2D eigenvalue weighted by molar-refractivity contribution is 0.629. The molecule has 1 heterocycles. The molecule has 2 atom stereocenters. The van der Waals surface area contributed by atoms with Crippen LogP contribution in [0.5, 0.6) is 0 Å².